The monoisotopic (exact) mass is 276 g/mol. The molecule has 0 amide bonds. The highest BCUT2D eigenvalue weighted by Crippen LogP contribution is 2.33. The maximum atomic E-state index is 12.6. The molecule has 0 unspecified atom stereocenters. The zero-order valence-corrected chi connectivity index (χ0v) is 11.6. The van der Waals surface area contributed by atoms with Crippen molar-refractivity contribution in [2.75, 3.05) is 13.1 Å². The topological polar surface area (TPSA) is 33.2 Å². The number of hydrogen-bond donors (Lipinski definition) is 0. The Bertz CT molecular complexity index is 533. The fraction of sp³-hybridized carbons (Fsp3) is 0.467. The molecule has 0 radical (unpaired) electrons. The Hall–Kier alpha value is -1.35. The molecular formula is C15H17ClN2O. The molecule has 0 aromatic carbocycles. The van der Waals surface area contributed by atoms with Crippen molar-refractivity contribution in [3.8, 4) is 0 Å². The molecule has 3 nitrogen and oxygen atoms in total. The van der Waals surface area contributed by atoms with Gasteiger partial charge in [-0.05, 0) is 44.2 Å². The number of hydrogen-bond acceptors (Lipinski definition) is 3. The molecule has 1 aliphatic carbocycles. The summed E-state index contributed by atoms with van der Waals surface area (Å²) in [6.45, 7) is 2.18. The van der Waals surface area contributed by atoms with E-state index in [1.54, 1.807) is 18.3 Å². The van der Waals surface area contributed by atoms with Crippen molar-refractivity contribution in [3.05, 3.63) is 40.3 Å². The number of pyridine rings is 1. The molecule has 3 rings (SSSR count). The van der Waals surface area contributed by atoms with E-state index in [-0.39, 0.29) is 5.78 Å². The van der Waals surface area contributed by atoms with Crippen LogP contribution in [0.1, 0.15) is 42.5 Å². The van der Waals surface area contributed by atoms with Crippen LogP contribution < -0.4 is 0 Å². The summed E-state index contributed by atoms with van der Waals surface area (Å²) >= 11 is 6.04. The molecule has 0 N–H and O–H groups in total. The standard InChI is InChI=1S/C15H17ClN2O/c16-15-12(6-4-8-17-15)14(19)11-5-3-7-13(11)18-9-1-2-10-18/h4,6,8H,1-3,5,7,9-10H2. The minimum atomic E-state index is 0.0671. The lowest BCUT2D eigenvalue weighted by atomic mass is 10.0. The lowest BCUT2D eigenvalue weighted by molar-refractivity contribution is 0.102. The molecule has 2 aliphatic rings. The Morgan fingerprint density at radius 1 is 1.21 bits per heavy atom. The van der Waals surface area contributed by atoms with Crippen LogP contribution in [0.5, 0.6) is 0 Å². The van der Waals surface area contributed by atoms with Crippen molar-refractivity contribution in [3.63, 3.8) is 0 Å². The van der Waals surface area contributed by atoms with Gasteiger partial charge >= 0.3 is 0 Å². The van der Waals surface area contributed by atoms with E-state index in [9.17, 15) is 4.79 Å². The number of rotatable bonds is 3. The number of carbonyl (C=O) groups excluding carboxylic acids is 1. The molecule has 1 aromatic rings. The molecule has 1 aromatic heterocycles. The summed E-state index contributed by atoms with van der Waals surface area (Å²) < 4.78 is 0. The van der Waals surface area contributed by atoms with Crippen LogP contribution in [0, 0.1) is 0 Å². The van der Waals surface area contributed by atoms with Gasteiger partial charge in [-0.15, -0.1) is 0 Å². The number of nitrogens with zero attached hydrogens (tertiary/aromatic N) is 2. The first-order chi connectivity index (χ1) is 9.27. The second-order valence-electron chi connectivity index (χ2n) is 5.14. The van der Waals surface area contributed by atoms with E-state index in [1.165, 1.54) is 18.5 Å². The van der Waals surface area contributed by atoms with Gasteiger partial charge in [0.2, 0.25) is 0 Å². The van der Waals surface area contributed by atoms with Crippen LogP contribution in [-0.4, -0.2) is 28.8 Å². The highest BCUT2D eigenvalue weighted by atomic mass is 35.5. The predicted octanol–water partition coefficient (Wildman–Crippen LogP) is 3.45. The van der Waals surface area contributed by atoms with E-state index in [4.69, 9.17) is 11.6 Å². The van der Waals surface area contributed by atoms with Crippen molar-refractivity contribution in [1.82, 2.24) is 9.88 Å². The zero-order chi connectivity index (χ0) is 13.2. The molecule has 19 heavy (non-hydrogen) atoms. The summed E-state index contributed by atoms with van der Waals surface area (Å²) in [6, 6.07) is 3.54. The van der Waals surface area contributed by atoms with Crippen LogP contribution in [0.15, 0.2) is 29.6 Å². The summed E-state index contributed by atoms with van der Waals surface area (Å²) in [5.41, 5.74) is 2.75. The van der Waals surface area contributed by atoms with Gasteiger partial charge in [0.25, 0.3) is 0 Å². The SMILES string of the molecule is O=C(C1=C(N2CCCC2)CCC1)c1cccnc1Cl. The van der Waals surface area contributed by atoms with Gasteiger partial charge in [0, 0.05) is 30.6 Å². The molecule has 0 bridgehead atoms. The van der Waals surface area contributed by atoms with E-state index in [0.717, 1.165) is 37.9 Å². The third kappa shape index (κ3) is 2.39. The Kier molecular flexibility index (Phi) is 3.56. The summed E-state index contributed by atoms with van der Waals surface area (Å²) in [6.07, 6.45) is 7.06. The largest absolute Gasteiger partial charge is 0.374 e. The predicted molar refractivity (Wildman–Crippen MR) is 75.3 cm³/mol. The quantitative estimate of drug-likeness (QED) is 0.626. The minimum absolute atomic E-state index is 0.0671. The highest BCUT2D eigenvalue weighted by molar-refractivity contribution is 6.33. The Balaban J connectivity index is 1.93. The van der Waals surface area contributed by atoms with Crippen molar-refractivity contribution >= 4 is 17.4 Å². The third-order valence-corrected chi connectivity index (χ3v) is 4.26. The maximum Gasteiger partial charge on any atom is 0.193 e. The molecule has 4 heteroatoms. The molecule has 0 saturated carbocycles. The number of likely N-dealkylation sites (tertiary alicyclic amines) is 1. The van der Waals surface area contributed by atoms with Crippen LogP contribution in [0.2, 0.25) is 5.15 Å². The number of aromatic nitrogens is 1. The normalized spacial score (nSPS) is 19.3. The number of halogens is 1. The summed E-state index contributed by atoms with van der Waals surface area (Å²) in [5, 5.41) is 0.313. The first kappa shape index (κ1) is 12.7. The van der Waals surface area contributed by atoms with E-state index in [1.807, 2.05) is 0 Å². The van der Waals surface area contributed by atoms with Crippen molar-refractivity contribution in [2.45, 2.75) is 32.1 Å². The Morgan fingerprint density at radius 2 is 2.00 bits per heavy atom. The first-order valence-electron chi connectivity index (χ1n) is 6.89. The molecule has 1 fully saturated rings. The molecule has 1 aliphatic heterocycles. The van der Waals surface area contributed by atoms with Crippen molar-refractivity contribution in [1.29, 1.82) is 0 Å². The van der Waals surface area contributed by atoms with Crippen LogP contribution >= 0.6 is 11.6 Å². The van der Waals surface area contributed by atoms with Gasteiger partial charge in [0.05, 0.1) is 5.56 Å². The molecular weight excluding hydrogens is 260 g/mol. The van der Waals surface area contributed by atoms with E-state index in [0.29, 0.717) is 10.7 Å². The molecule has 2 heterocycles. The van der Waals surface area contributed by atoms with Crippen molar-refractivity contribution < 1.29 is 4.79 Å². The number of allylic oxidation sites excluding steroid dienone is 2. The van der Waals surface area contributed by atoms with E-state index >= 15 is 0 Å². The third-order valence-electron chi connectivity index (χ3n) is 3.95. The average molecular weight is 277 g/mol. The zero-order valence-electron chi connectivity index (χ0n) is 10.9. The molecule has 100 valence electrons. The van der Waals surface area contributed by atoms with Crippen molar-refractivity contribution in [2.24, 2.45) is 0 Å². The lowest BCUT2D eigenvalue weighted by Gasteiger charge is -2.20. The Morgan fingerprint density at radius 3 is 2.74 bits per heavy atom. The number of ketones is 1. The Labute approximate surface area is 118 Å². The van der Waals surface area contributed by atoms with Gasteiger partial charge in [0.1, 0.15) is 5.15 Å². The lowest BCUT2D eigenvalue weighted by Crippen LogP contribution is -2.20. The second kappa shape index (κ2) is 5.33. The number of Topliss-reactive ketones (excluding diaryl/α,β-unsaturated/α-hetero) is 1. The van der Waals surface area contributed by atoms with E-state index in [2.05, 4.69) is 9.88 Å². The fourth-order valence-corrected chi connectivity index (χ4v) is 3.23. The van der Waals surface area contributed by atoms with Gasteiger partial charge in [-0.25, -0.2) is 4.98 Å². The van der Waals surface area contributed by atoms with Crippen LogP contribution in [0.3, 0.4) is 0 Å². The summed E-state index contributed by atoms with van der Waals surface area (Å²) in [5.74, 6) is 0.0671. The van der Waals surface area contributed by atoms with Gasteiger partial charge in [-0.1, -0.05) is 11.6 Å². The first-order valence-corrected chi connectivity index (χ1v) is 7.27. The fourth-order valence-electron chi connectivity index (χ4n) is 3.03. The van der Waals surface area contributed by atoms with Gasteiger partial charge in [-0.2, -0.15) is 0 Å². The summed E-state index contributed by atoms with van der Waals surface area (Å²) in [4.78, 5) is 19.0. The van der Waals surface area contributed by atoms with Crippen LogP contribution in [0.4, 0.5) is 0 Å². The number of carbonyl (C=O) groups is 1. The van der Waals surface area contributed by atoms with Crippen LogP contribution in [0.25, 0.3) is 0 Å². The highest BCUT2D eigenvalue weighted by Gasteiger charge is 2.28. The molecule has 1 saturated heterocycles. The summed E-state index contributed by atoms with van der Waals surface area (Å²) in [7, 11) is 0. The van der Waals surface area contributed by atoms with Gasteiger partial charge in [0.15, 0.2) is 5.78 Å². The van der Waals surface area contributed by atoms with E-state index < -0.39 is 0 Å². The average Bonchev–Trinajstić information content (AvgIpc) is 3.09. The van der Waals surface area contributed by atoms with Crippen LogP contribution in [-0.2, 0) is 0 Å². The minimum Gasteiger partial charge on any atom is -0.374 e. The smallest absolute Gasteiger partial charge is 0.193 e. The second-order valence-corrected chi connectivity index (χ2v) is 5.50. The molecule has 0 atom stereocenters. The van der Waals surface area contributed by atoms with Gasteiger partial charge < -0.3 is 4.90 Å². The molecule has 0 spiro atoms. The maximum absolute atomic E-state index is 12.6. The van der Waals surface area contributed by atoms with Gasteiger partial charge in [-0.3, -0.25) is 4.79 Å².